The van der Waals surface area contributed by atoms with Crippen LogP contribution >= 0.6 is 0 Å². The maximum atomic E-state index is 13.9. The van der Waals surface area contributed by atoms with Gasteiger partial charge in [0, 0.05) is 17.8 Å². The van der Waals surface area contributed by atoms with Crippen molar-refractivity contribution in [3.05, 3.63) is 69.8 Å². The Morgan fingerprint density at radius 1 is 1.11 bits per heavy atom. The van der Waals surface area contributed by atoms with Gasteiger partial charge in [0.05, 0.1) is 24.1 Å². The number of nitrogens with one attached hydrogen (secondary N) is 1. The molecule has 198 valence electrons. The zero-order valence-electron chi connectivity index (χ0n) is 21.6. The lowest BCUT2D eigenvalue weighted by Gasteiger charge is -2.29. The van der Waals surface area contributed by atoms with Gasteiger partial charge in [-0.15, -0.1) is 0 Å². The van der Waals surface area contributed by atoms with Crippen molar-refractivity contribution in [2.24, 2.45) is 5.92 Å². The van der Waals surface area contributed by atoms with Crippen molar-refractivity contribution in [1.82, 2.24) is 5.32 Å². The summed E-state index contributed by atoms with van der Waals surface area (Å²) in [4.78, 5) is 39.2. The van der Waals surface area contributed by atoms with Crippen molar-refractivity contribution in [2.45, 2.75) is 83.3 Å². The number of esters is 1. The number of hydrogen-bond acceptors (Lipinski definition) is 6. The molecule has 37 heavy (non-hydrogen) atoms. The second kappa shape index (κ2) is 12.8. The predicted octanol–water partition coefficient (Wildman–Crippen LogP) is 5.32. The van der Waals surface area contributed by atoms with Gasteiger partial charge in [-0.05, 0) is 55.7 Å². The van der Waals surface area contributed by atoms with Crippen LogP contribution in [0.15, 0.2) is 48.5 Å². The minimum absolute atomic E-state index is 0.0149. The van der Waals surface area contributed by atoms with Gasteiger partial charge in [-0.2, -0.15) is 0 Å². The van der Waals surface area contributed by atoms with Crippen LogP contribution in [-0.4, -0.2) is 35.5 Å². The molecule has 0 unspecified atom stereocenters. The van der Waals surface area contributed by atoms with E-state index in [2.05, 4.69) is 5.32 Å². The topological polar surface area (TPSA) is 102 Å². The van der Waals surface area contributed by atoms with Crippen LogP contribution in [0.3, 0.4) is 0 Å². The summed E-state index contributed by atoms with van der Waals surface area (Å²) < 4.78 is 5.39. The summed E-state index contributed by atoms with van der Waals surface area (Å²) in [6.45, 7) is 2.39. The number of amides is 1. The summed E-state index contributed by atoms with van der Waals surface area (Å²) in [6.07, 6.45) is 9.08. The highest BCUT2D eigenvalue weighted by Crippen LogP contribution is 2.30. The minimum atomic E-state index is -0.536. The molecule has 0 radical (unpaired) electrons. The molecule has 4 rings (SSSR count). The summed E-state index contributed by atoms with van der Waals surface area (Å²) in [5.74, 6) is 0.227. The fourth-order valence-corrected chi connectivity index (χ4v) is 5.57. The maximum absolute atomic E-state index is 13.9. The van der Waals surface area contributed by atoms with E-state index < -0.39 is 17.0 Å². The largest absolute Gasteiger partial charge is 0.465 e. The number of non-ortho nitro benzene ring substituents is 1. The van der Waals surface area contributed by atoms with Crippen molar-refractivity contribution < 1.29 is 19.2 Å². The monoisotopic (exact) mass is 507 g/mol. The molecule has 0 spiro atoms. The second-order valence-corrected chi connectivity index (χ2v) is 10.1. The third-order valence-electron chi connectivity index (χ3n) is 7.60. The van der Waals surface area contributed by atoms with Crippen LogP contribution in [0.2, 0.25) is 0 Å². The SMILES string of the molecule is CCOC(=O)[C@H](CCC1CCCCC1)N[C@H]1CCc2ccccc2N(Cc2ccc([N+](=O)[O-])cc2)C1=O. The standard InChI is InChI=1S/C29H37N3O5/c1-2-37-29(34)26(18-14-21-8-4-3-5-9-21)30-25-19-15-23-10-6-7-11-27(23)31(28(25)33)20-22-12-16-24(17-13-22)32(35)36/h6-7,10-13,16-17,21,25-26,30H,2-5,8-9,14-15,18-20H2,1H3/t25-,26-/m0/s1. The molecule has 2 atom stereocenters. The molecule has 8 nitrogen and oxygen atoms in total. The van der Waals surface area contributed by atoms with E-state index in [1.165, 1.54) is 44.2 Å². The average Bonchev–Trinajstić information content (AvgIpc) is 3.04. The summed E-state index contributed by atoms with van der Waals surface area (Å²) in [5, 5.41) is 14.4. The molecule has 1 fully saturated rings. The Bertz CT molecular complexity index is 1080. The fraction of sp³-hybridized carbons (Fsp3) is 0.517. The molecule has 2 aromatic carbocycles. The number of carbonyl (C=O) groups is 2. The summed E-state index contributed by atoms with van der Waals surface area (Å²) in [6, 6.07) is 13.1. The number of nitro groups is 1. The average molecular weight is 508 g/mol. The van der Waals surface area contributed by atoms with Crippen molar-refractivity contribution >= 4 is 23.3 Å². The first-order valence-corrected chi connectivity index (χ1v) is 13.5. The van der Waals surface area contributed by atoms with Crippen LogP contribution in [-0.2, 0) is 27.3 Å². The van der Waals surface area contributed by atoms with Gasteiger partial charge in [0.25, 0.3) is 5.69 Å². The molecule has 1 saturated carbocycles. The zero-order chi connectivity index (χ0) is 26.2. The first-order chi connectivity index (χ1) is 18.0. The van der Waals surface area contributed by atoms with Crippen LogP contribution in [0.4, 0.5) is 11.4 Å². The molecule has 1 heterocycles. The normalized spacial score (nSPS) is 19.1. The predicted molar refractivity (Wildman–Crippen MR) is 142 cm³/mol. The lowest BCUT2D eigenvalue weighted by molar-refractivity contribution is -0.384. The summed E-state index contributed by atoms with van der Waals surface area (Å²) in [5.41, 5.74) is 2.72. The third-order valence-corrected chi connectivity index (χ3v) is 7.60. The van der Waals surface area contributed by atoms with E-state index >= 15 is 0 Å². The van der Waals surface area contributed by atoms with Crippen LogP contribution in [0.1, 0.15) is 69.4 Å². The van der Waals surface area contributed by atoms with Gasteiger partial charge in [-0.1, -0.05) is 62.4 Å². The van der Waals surface area contributed by atoms with Crippen LogP contribution in [0.5, 0.6) is 0 Å². The number of hydrogen-bond donors (Lipinski definition) is 1. The second-order valence-electron chi connectivity index (χ2n) is 10.1. The van der Waals surface area contributed by atoms with Crippen molar-refractivity contribution in [2.75, 3.05) is 11.5 Å². The zero-order valence-corrected chi connectivity index (χ0v) is 21.6. The number of carbonyl (C=O) groups excluding carboxylic acids is 2. The molecule has 1 N–H and O–H groups in total. The highest BCUT2D eigenvalue weighted by molar-refractivity contribution is 5.99. The number of benzene rings is 2. The molecule has 1 amide bonds. The fourth-order valence-electron chi connectivity index (χ4n) is 5.57. The lowest BCUT2D eigenvalue weighted by Crippen LogP contribution is -2.52. The lowest BCUT2D eigenvalue weighted by atomic mass is 9.85. The van der Waals surface area contributed by atoms with Crippen LogP contribution < -0.4 is 10.2 Å². The molecule has 0 aromatic heterocycles. The Labute approximate surface area is 218 Å². The first-order valence-electron chi connectivity index (χ1n) is 13.5. The molecule has 2 aliphatic rings. The molecule has 0 saturated heterocycles. The highest BCUT2D eigenvalue weighted by Gasteiger charge is 2.34. The van der Waals surface area contributed by atoms with Crippen LogP contribution in [0, 0.1) is 16.0 Å². The van der Waals surface area contributed by atoms with Gasteiger partial charge >= 0.3 is 5.97 Å². The minimum Gasteiger partial charge on any atom is -0.465 e. The van der Waals surface area contributed by atoms with E-state index in [4.69, 9.17) is 4.74 Å². The molecular formula is C29H37N3O5. The van der Waals surface area contributed by atoms with Gasteiger partial charge < -0.3 is 9.64 Å². The number of nitrogens with zero attached hydrogens (tertiary/aromatic N) is 2. The van der Waals surface area contributed by atoms with Gasteiger partial charge in [-0.3, -0.25) is 25.0 Å². The van der Waals surface area contributed by atoms with E-state index in [9.17, 15) is 19.7 Å². The van der Waals surface area contributed by atoms with E-state index in [0.29, 0.717) is 31.8 Å². The van der Waals surface area contributed by atoms with Crippen LogP contribution in [0.25, 0.3) is 0 Å². The maximum Gasteiger partial charge on any atom is 0.323 e. The first kappa shape index (κ1) is 26.8. The Hall–Kier alpha value is -3.26. The molecule has 1 aliphatic heterocycles. The van der Waals surface area contributed by atoms with Gasteiger partial charge in [-0.25, -0.2) is 0 Å². The number of aryl methyl sites for hydroxylation is 1. The van der Waals surface area contributed by atoms with Crippen molar-refractivity contribution in [1.29, 1.82) is 0 Å². The molecule has 0 bridgehead atoms. The Morgan fingerprint density at radius 3 is 2.54 bits per heavy atom. The number of nitro benzene ring substituents is 1. The molecule has 1 aliphatic carbocycles. The number of ether oxygens (including phenoxy) is 1. The Morgan fingerprint density at radius 2 is 1.84 bits per heavy atom. The van der Waals surface area contributed by atoms with E-state index in [-0.39, 0.29) is 24.1 Å². The smallest absolute Gasteiger partial charge is 0.323 e. The number of fused-ring (bicyclic) bond motifs is 1. The van der Waals surface area contributed by atoms with Gasteiger partial charge in [0.1, 0.15) is 6.04 Å². The quantitative estimate of drug-likeness (QED) is 0.265. The van der Waals surface area contributed by atoms with Crippen molar-refractivity contribution in [3.63, 3.8) is 0 Å². The summed E-state index contributed by atoms with van der Waals surface area (Å²) >= 11 is 0. The third kappa shape index (κ3) is 6.95. The molecular weight excluding hydrogens is 470 g/mol. The highest BCUT2D eigenvalue weighted by atomic mass is 16.6. The van der Waals surface area contributed by atoms with Gasteiger partial charge in [0.2, 0.25) is 5.91 Å². The number of anilines is 1. The number of rotatable bonds is 10. The molecule has 8 heteroatoms. The van der Waals surface area contributed by atoms with Gasteiger partial charge in [0.15, 0.2) is 0 Å². The summed E-state index contributed by atoms with van der Waals surface area (Å²) in [7, 11) is 0. The number of para-hydroxylation sites is 1. The molecule has 2 aromatic rings. The van der Waals surface area contributed by atoms with E-state index in [1.54, 1.807) is 24.0 Å². The van der Waals surface area contributed by atoms with E-state index in [0.717, 1.165) is 23.2 Å². The van der Waals surface area contributed by atoms with Crippen molar-refractivity contribution in [3.8, 4) is 0 Å². The Balaban J connectivity index is 1.53. The van der Waals surface area contributed by atoms with E-state index in [1.807, 2.05) is 24.3 Å². The Kier molecular flexibility index (Phi) is 9.28.